The van der Waals surface area contributed by atoms with Crippen LogP contribution in [0.5, 0.6) is 0 Å². The van der Waals surface area contributed by atoms with Gasteiger partial charge in [0, 0.05) is 30.6 Å². The highest BCUT2D eigenvalue weighted by Crippen LogP contribution is 2.19. The minimum atomic E-state index is -0.484. The highest BCUT2D eigenvalue weighted by molar-refractivity contribution is 6.08. The molecule has 0 aromatic heterocycles. The average molecular weight is 271 g/mol. The van der Waals surface area contributed by atoms with Gasteiger partial charge in [0.25, 0.3) is 11.6 Å². The van der Waals surface area contributed by atoms with Gasteiger partial charge in [0.2, 0.25) is 0 Å². The second-order valence-electron chi connectivity index (χ2n) is 4.05. The van der Waals surface area contributed by atoms with Crippen LogP contribution in [0.4, 0.5) is 17.1 Å². The molecule has 1 amide bonds. The quantitative estimate of drug-likeness (QED) is 0.661. The largest absolute Gasteiger partial charge is 0.387 e. The first kappa shape index (κ1) is 13.5. The Kier molecular flexibility index (Phi) is 3.95. The summed E-state index contributed by atoms with van der Waals surface area (Å²) in [5.41, 5.74) is 1.71. The molecule has 0 fully saturated rings. The number of para-hydroxylation sites is 1. The van der Waals surface area contributed by atoms with E-state index in [4.69, 9.17) is 0 Å². The molecule has 102 valence electrons. The summed E-state index contributed by atoms with van der Waals surface area (Å²) in [6, 6.07) is 12.8. The van der Waals surface area contributed by atoms with E-state index in [0.717, 1.165) is 0 Å². The minimum Gasteiger partial charge on any atom is -0.387 e. The zero-order valence-corrected chi connectivity index (χ0v) is 10.8. The van der Waals surface area contributed by atoms with Crippen molar-refractivity contribution in [3.05, 3.63) is 64.2 Å². The van der Waals surface area contributed by atoms with Crippen LogP contribution in [0.1, 0.15) is 10.4 Å². The van der Waals surface area contributed by atoms with Crippen LogP contribution < -0.4 is 10.6 Å². The van der Waals surface area contributed by atoms with Crippen LogP contribution in [-0.4, -0.2) is 17.9 Å². The summed E-state index contributed by atoms with van der Waals surface area (Å²) in [7, 11) is 1.73. The molecule has 0 aliphatic carbocycles. The highest BCUT2D eigenvalue weighted by Gasteiger charge is 2.11. The van der Waals surface area contributed by atoms with Crippen molar-refractivity contribution in [3.63, 3.8) is 0 Å². The van der Waals surface area contributed by atoms with Crippen LogP contribution in [0.15, 0.2) is 48.5 Å². The molecule has 0 saturated carbocycles. The van der Waals surface area contributed by atoms with E-state index < -0.39 is 4.92 Å². The smallest absolute Gasteiger partial charge is 0.269 e. The van der Waals surface area contributed by atoms with Gasteiger partial charge < -0.3 is 10.6 Å². The lowest BCUT2D eigenvalue weighted by molar-refractivity contribution is -0.384. The maximum Gasteiger partial charge on any atom is 0.269 e. The number of carbonyl (C=O) groups excluding carboxylic acids is 1. The van der Waals surface area contributed by atoms with E-state index in [2.05, 4.69) is 10.6 Å². The molecule has 2 aromatic rings. The van der Waals surface area contributed by atoms with E-state index in [0.29, 0.717) is 16.9 Å². The highest BCUT2D eigenvalue weighted by atomic mass is 16.6. The van der Waals surface area contributed by atoms with E-state index in [1.54, 1.807) is 25.2 Å². The van der Waals surface area contributed by atoms with Crippen LogP contribution in [0.2, 0.25) is 0 Å². The van der Waals surface area contributed by atoms with Gasteiger partial charge in [-0.1, -0.05) is 12.1 Å². The van der Waals surface area contributed by atoms with Crippen molar-refractivity contribution in [2.75, 3.05) is 17.7 Å². The fourth-order valence-electron chi connectivity index (χ4n) is 1.76. The average Bonchev–Trinajstić information content (AvgIpc) is 2.47. The number of nitro groups is 1. The molecule has 20 heavy (non-hydrogen) atoms. The number of carbonyl (C=O) groups is 1. The summed E-state index contributed by atoms with van der Waals surface area (Å²) in [5.74, 6) is -0.274. The Morgan fingerprint density at radius 2 is 1.75 bits per heavy atom. The lowest BCUT2D eigenvalue weighted by Crippen LogP contribution is -2.13. The second kappa shape index (κ2) is 5.83. The molecule has 2 aromatic carbocycles. The second-order valence-corrected chi connectivity index (χ2v) is 4.05. The molecular formula is C14H13N3O3. The molecule has 0 spiro atoms. The number of nitrogens with one attached hydrogen (secondary N) is 2. The number of hydrogen-bond donors (Lipinski definition) is 2. The molecule has 0 saturated heterocycles. The summed E-state index contributed by atoms with van der Waals surface area (Å²) in [6.45, 7) is 0. The van der Waals surface area contributed by atoms with Crippen LogP contribution in [0, 0.1) is 10.1 Å². The third-order valence-corrected chi connectivity index (χ3v) is 2.78. The molecule has 6 heteroatoms. The van der Waals surface area contributed by atoms with Crippen molar-refractivity contribution in [2.24, 2.45) is 0 Å². The third-order valence-electron chi connectivity index (χ3n) is 2.78. The number of rotatable bonds is 4. The van der Waals surface area contributed by atoms with Gasteiger partial charge in [-0.15, -0.1) is 0 Å². The van der Waals surface area contributed by atoms with E-state index in [9.17, 15) is 14.9 Å². The zero-order chi connectivity index (χ0) is 14.5. The topological polar surface area (TPSA) is 84.3 Å². The molecule has 0 radical (unpaired) electrons. The van der Waals surface area contributed by atoms with Crippen molar-refractivity contribution < 1.29 is 9.72 Å². The third kappa shape index (κ3) is 2.92. The van der Waals surface area contributed by atoms with E-state index in [1.807, 2.05) is 6.07 Å². The number of nitrogens with zero attached hydrogens (tertiary/aromatic N) is 1. The Morgan fingerprint density at radius 3 is 2.35 bits per heavy atom. The molecule has 0 aliphatic rings. The summed E-state index contributed by atoms with van der Waals surface area (Å²) < 4.78 is 0. The predicted molar refractivity (Wildman–Crippen MR) is 77.0 cm³/mol. The Morgan fingerprint density at radius 1 is 1.10 bits per heavy atom. The van der Waals surface area contributed by atoms with Gasteiger partial charge in [0.1, 0.15) is 0 Å². The lowest BCUT2D eigenvalue weighted by atomic mass is 10.1. The summed E-state index contributed by atoms with van der Waals surface area (Å²) in [6.07, 6.45) is 0. The SMILES string of the molecule is CNc1ccccc1C(=O)Nc1ccc([N+](=O)[O-])cc1. The number of benzene rings is 2. The first-order valence-corrected chi connectivity index (χ1v) is 5.94. The molecule has 0 bridgehead atoms. The predicted octanol–water partition coefficient (Wildman–Crippen LogP) is 2.89. The number of anilines is 2. The normalized spacial score (nSPS) is 9.85. The first-order valence-electron chi connectivity index (χ1n) is 5.94. The van der Waals surface area contributed by atoms with E-state index >= 15 is 0 Å². The van der Waals surface area contributed by atoms with Gasteiger partial charge in [-0.25, -0.2) is 0 Å². The maximum atomic E-state index is 12.1. The van der Waals surface area contributed by atoms with Crippen molar-refractivity contribution in [1.82, 2.24) is 0 Å². The fraction of sp³-hybridized carbons (Fsp3) is 0.0714. The Balaban J connectivity index is 2.17. The van der Waals surface area contributed by atoms with Crippen molar-refractivity contribution in [1.29, 1.82) is 0 Å². The van der Waals surface area contributed by atoms with Crippen LogP contribution in [0.25, 0.3) is 0 Å². The monoisotopic (exact) mass is 271 g/mol. The summed E-state index contributed by atoms with van der Waals surface area (Å²) >= 11 is 0. The molecule has 6 nitrogen and oxygen atoms in total. The minimum absolute atomic E-state index is 0.0152. The molecule has 0 heterocycles. The van der Waals surface area contributed by atoms with Gasteiger partial charge in [-0.05, 0) is 24.3 Å². The molecule has 2 rings (SSSR count). The first-order chi connectivity index (χ1) is 9.61. The fourth-order valence-corrected chi connectivity index (χ4v) is 1.76. The van der Waals surface area contributed by atoms with Crippen LogP contribution in [0.3, 0.4) is 0 Å². The van der Waals surface area contributed by atoms with Gasteiger partial charge in [-0.3, -0.25) is 14.9 Å². The number of hydrogen-bond acceptors (Lipinski definition) is 4. The maximum absolute atomic E-state index is 12.1. The molecule has 0 aliphatic heterocycles. The van der Waals surface area contributed by atoms with Gasteiger partial charge >= 0.3 is 0 Å². The van der Waals surface area contributed by atoms with E-state index in [1.165, 1.54) is 24.3 Å². The van der Waals surface area contributed by atoms with Crippen molar-refractivity contribution in [3.8, 4) is 0 Å². The molecule has 0 atom stereocenters. The van der Waals surface area contributed by atoms with Gasteiger partial charge in [-0.2, -0.15) is 0 Å². The van der Waals surface area contributed by atoms with Crippen LogP contribution in [-0.2, 0) is 0 Å². The van der Waals surface area contributed by atoms with Gasteiger partial charge in [0.15, 0.2) is 0 Å². The Hall–Kier alpha value is -2.89. The van der Waals surface area contributed by atoms with Crippen molar-refractivity contribution >= 4 is 23.0 Å². The standard InChI is InChI=1S/C14H13N3O3/c1-15-13-5-3-2-4-12(13)14(18)16-10-6-8-11(9-7-10)17(19)20/h2-9,15H,1H3,(H,16,18). The Bertz CT molecular complexity index is 638. The molecule has 0 unspecified atom stereocenters. The summed E-state index contributed by atoms with van der Waals surface area (Å²) in [5, 5.41) is 16.2. The lowest BCUT2D eigenvalue weighted by Gasteiger charge is -2.09. The number of non-ortho nitro benzene ring substituents is 1. The molecule has 2 N–H and O–H groups in total. The number of nitro benzene ring substituents is 1. The Labute approximate surface area is 115 Å². The zero-order valence-electron chi connectivity index (χ0n) is 10.8. The van der Waals surface area contributed by atoms with E-state index in [-0.39, 0.29) is 11.6 Å². The number of amides is 1. The van der Waals surface area contributed by atoms with Crippen molar-refractivity contribution in [2.45, 2.75) is 0 Å². The molecular weight excluding hydrogens is 258 g/mol. The summed E-state index contributed by atoms with van der Waals surface area (Å²) in [4.78, 5) is 22.2. The van der Waals surface area contributed by atoms with Crippen LogP contribution >= 0.6 is 0 Å². The van der Waals surface area contributed by atoms with Gasteiger partial charge in [0.05, 0.1) is 10.5 Å².